The van der Waals surface area contributed by atoms with Crippen LogP contribution in [0.3, 0.4) is 0 Å². The maximum atomic E-state index is 12.7. The van der Waals surface area contributed by atoms with E-state index in [0.717, 1.165) is 46.1 Å². The predicted molar refractivity (Wildman–Crippen MR) is 108 cm³/mol. The summed E-state index contributed by atoms with van der Waals surface area (Å²) in [7, 11) is 0. The van der Waals surface area contributed by atoms with E-state index in [4.69, 9.17) is 14.1 Å². The Bertz CT molecular complexity index is 886. The number of carbonyl (C=O) groups is 1. The third-order valence-corrected chi connectivity index (χ3v) is 6.35. The lowest BCUT2D eigenvalue weighted by atomic mass is 9.90. The molecule has 1 aromatic heterocycles. The second-order valence-electron chi connectivity index (χ2n) is 6.94. The lowest BCUT2D eigenvalue weighted by molar-refractivity contribution is 0.0920. The highest BCUT2D eigenvalue weighted by Crippen LogP contribution is 2.47. The number of hydrogen-bond acceptors (Lipinski definition) is 5. The Morgan fingerprint density at radius 3 is 2.85 bits per heavy atom. The van der Waals surface area contributed by atoms with Gasteiger partial charge in [-0.2, -0.15) is 0 Å². The number of nitrogens with zero attached hydrogens (tertiary/aromatic N) is 1. The molecule has 27 heavy (non-hydrogen) atoms. The summed E-state index contributed by atoms with van der Waals surface area (Å²) in [5, 5.41) is 4.58. The summed E-state index contributed by atoms with van der Waals surface area (Å²) >= 11 is 1.85. The van der Waals surface area contributed by atoms with Gasteiger partial charge in [0.05, 0.1) is 17.7 Å². The number of ether oxygens (including phenoxy) is 1. The summed E-state index contributed by atoms with van der Waals surface area (Å²) in [5.74, 6) is 2.02. The van der Waals surface area contributed by atoms with Gasteiger partial charge >= 0.3 is 0 Å². The third-order valence-electron chi connectivity index (χ3n) is 5.11. The first kappa shape index (κ1) is 18.2. The number of furan rings is 1. The zero-order valence-corrected chi connectivity index (χ0v) is 16.7. The van der Waals surface area contributed by atoms with Gasteiger partial charge in [-0.15, -0.1) is 11.8 Å². The van der Waals surface area contributed by atoms with Gasteiger partial charge in [0, 0.05) is 29.3 Å². The molecule has 2 aromatic rings. The first-order valence-corrected chi connectivity index (χ1v) is 10.3. The molecule has 1 aliphatic heterocycles. The molecule has 6 heteroatoms. The van der Waals surface area contributed by atoms with Gasteiger partial charge in [-0.3, -0.25) is 9.79 Å². The monoisotopic (exact) mass is 384 g/mol. The van der Waals surface area contributed by atoms with Crippen LogP contribution >= 0.6 is 11.8 Å². The summed E-state index contributed by atoms with van der Waals surface area (Å²) < 4.78 is 11.4. The third kappa shape index (κ3) is 3.50. The quantitative estimate of drug-likeness (QED) is 0.828. The number of nitrogens with one attached hydrogen (secondary N) is 1. The van der Waals surface area contributed by atoms with Gasteiger partial charge < -0.3 is 14.5 Å². The maximum absolute atomic E-state index is 12.7. The van der Waals surface area contributed by atoms with Crippen LogP contribution < -0.4 is 10.1 Å². The van der Waals surface area contributed by atoms with Crippen molar-refractivity contribution in [1.29, 1.82) is 0 Å². The molecule has 0 fully saturated rings. The van der Waals surface area contributed by atoms with Crippen molar-refractivity contribution in [3.05, 3.63) is 52.5 Å². The molecule has 2 aliphatic rings. The van der Waals surface area contributed by atoms with Crippen LogP contribution in [-0.4, -0.2) is 22.8 Å². The zero-order valence-electron chi connectivity index (χ0n) is 15.9. The standard InChI is InChI=1S/C21H24N2O3S/c1-4-25-15-7-5-14(6-8-15)11-22-21(24)20-12(2)18-16(26-20)9-10-17-19(18)23-13(3)27-17/h5-8,17,19H,4,9-11H2,1-3H3,(H,22,24). The Hall–Kier alpha value is -2.21. The molecule has 0 spiro atoms. The van der Waals surface area contributed by atoms with Crippen molar-refractivity contribution in [2.24, 2.45) is 4.99 Å². The fourth-order valence-electron chi connectivity index (χ4n) is 3.84. The van der Waals surface area contributed by atoms with Crippen molar-refractivity contribution in [2.75, 3.05) is 6.61 Å². The van der Waals surface area contributed by atoms with Crippen molar-refractivity contribution in [2.45, 2.75) is 51.4 Å². The molecule has 2 unspecified atom stereocenters. The number of thioether (sulfide) groups is 1. The smallest absolute Gasteiger partial charge is 0.287 e. The molecule has 0 saturated carbocycles. The molecule has 1 aliphatic carbocycles. The summed E-state index contributed by atoms with van der Waals surface area (Å²) in [5.41, 5.74) is 3.08. The number of amides is 1. The fourth-order valence-corrected chi connectivity index (χ4v) is 5.02. The molecule has 0 radical (unpaired) electrons. The highest BCUT2D eigenvalue weighted by Gasteiger charge is 2.39. The molecule has 2 heterocycles. The first-order valence-electron chi connectivity index (χ1n) is 9.40. The molecule has 0 bridgehead atoms. The lowest BCUT2D eigenvalue weighted by Crippen LogP contribution is -2.23. The van der Waals surface area contributed by atoms with E-state index in [9.17, 15) is 4.79 Å². The van der Waals surface area contributed by atoms with E-state index in [-0.39, 0.29) is 11.9 Å². The van der Waals surface area contributed by atoms with E-state index < -0.39 is 0 Å². The van der Waals surface area contributed by atoms with Crippen LogP contribution in [0.5, 0.6) is 5.75 Å². The van der Waals surface area contributed by atoms with Crippen LogP contribution in [0.2, 0.25) is 0 Å². The molecule has 5 nitrogen and oxygen atoms in total. The summed E-state index contributed by atoms with van der Waals surface area (Å²) in [4.78, 5) is 17.5. The topological polar surface area (TPSA) is 63.8 Å². The summed E-state index contributed by atoms with van der Waals surface area (Å²) in [6.45, 7) is 7.09. The lowest BCUT2D eigenvalue weighted by Gasteiger charge is -2.22. The van der Waals surface area contributed by atoms with Crippen molar-refractivity contribution in [1.82, 2.24) is 5.32 Å². The van der Waals surface area contributed by atoms with Crippen LogP contribution in [0.15, 0.2) is 33.7 Å². The average molecular weight is 385 g/mol. The van der Waals surface area contributed by atoms with Crippen LogP contribution in [0.1, 0.15) is 59.3 Å². The van der Waals surface area contributed by atoms with Crippen molar-refractivity contribution < 1.29 is 13.9 Å². The van der Waals surface area contributed by atoms with E-state index >= 15 is 0 Å². The van der Waals surface area contributed by atoms with E-state index in [1.807, 2.05) is 49.9 Å². The van der Waals surface area contributed by atoms with Crippen LogP contribution in [0.25, 0.3) is 0 Å². The van der Waals surface area contributed by atoms with Gasteiger partial charge in [0.1, 0.15) is 11.5 Å². The largest absolute Gasteiger partial charge is 0.494 e. The number of aryl methyl sites for hydroxylation is 1. The molecular formula is C21H24N2O3S. The number of fused-ring (bicyclic) bond motifs is 3. The Kier molecular flexibility index (Phi) is 5.00. The summed E-state index contributed by atoms with van der Waals surface area (Å²) in [6, 6.07) is 7.89. The number of aliphatic imine (C=N–C) groups is 1. The van der Waals surface area contributed by atoms with Gasteiger partial charge in [-0.05, 0) is 44.9 Å². The zero-order chi connectivity index (χ0) is 19.0. The highest BCUT2D eigenvalue weighted by molar-refractivity contribution is 8.14. The van der Waals surface area contributed by atoms with E-state index in [1.165, 1.54) is 0 Å². The average Bonchev–Trinajstić information content (AvgIpc) is 3.20. The van der Waals surface area contributed by atoms with Gasteiger partial charge in [0.2, 0.25) is 0 Å². The number of benzene rings is 1. The van der Waals surface area contributed by atoms with E-state index in [1.54, 1.807) is 0 Å². The van der Waals surface area contributed by atoms with Crippen molar-refractivity contribution in [3.63, 3.8) is 0 Å². The van der Waals surface area contributed by atoms with Gasteiger partial charge in [-0.1, -0.05) is 12.1 Å². The molecule has 142 valence electrons. The normalized spacial score (nSPS) is 20.6. The fraction of sp³-hybridized carbons (Fsp3) is 0.429. The maximum Gasteiger partial charge on any atom is 0.287 e. The Morgan fingerprint density at radius 2 is 2.11 bits per heavy atom. The second kappa shape index (κ2) is 7.43. The van der Waals surface area contributed by atoms with Gasteiger partial charge in [-0.25, -0.2) is 0 Å². The number of hydrogen-bond donors (Lipinski definition) is 1. The molecule has 1 amide bonds. The minimum atomic E-state index is -0.168. The highest BCUT2D eigenvalue weighted by atomic mass is 32.2. The molecule has 1 aromatic carbocycles. The SMILES string of the molecule is CCOc1ccc(CNC(=O)c2oc3c(c2C)C2N=C(C)SC2CC3)cc1. The van der Waals surface area contributed by atoms with Crippen molar-refractivity contribution in [3.8, 4) is 5.75 Å². The van der Waals surface area contributed by atoms with Gasteiger partial charge in [0.15, 0.2) is 5.76 Å². The van der Waals surface area contributed by atoms with E-state index in [2.05, 4.69) is 12.2 Å². The van der Waals surface area contributed by atoms with Crippen molar-refractivity contribution >= 4 is 22.7 Å². The molecular weight excluding hydrogens is 360 g/mol. The minimum Gasteiger partial charge on any atom is -0.494 e. The Morgan fingerprint density at radius 1 is 1.33 bits per heavy atom. The molecule has 2 atom stereocenters. The van der Waals surface area contributed by atoms with Crippen LogP contribution in [0.4, 0.5) is 0 Å². The van der Waals surface area contributed by atoms with Crippen LogP contribution in [-0.2, 0) is 13.0 Å². The van der Waals surface area contributed by atoms with Gasteiger partial charge in [0.25, 0.3) is 5.91 Å². The Labute approximate surface area is 163 Å². The number of carbonyl (C=O) groups excluding carboxylic acids is 1. The van der Waals surface area contributed by atoms with Crippen LogP contribution in [0, 0.1) is 6.92 Å². The Balaban J connectivity index is 1.48. The first-order chi connectivity index (χ1) is 13.1. The molecule has 0 saturated heterocycles. The molecule has 1 N–H and O–H groups in total. The second-order valence-corrected chi connectivity index (χ2v) is 8.37. The predicted octanol–water partition coefficient (Wildman–Crippen LogP) is 4.44. The molecule has 4 rings (SSSR count). The number of rotatable bonds is 5. The van der Waals surface area contributed by atoms with E-state index in [0.29, 0.717) is 24.2 Å². The minimum absolute atomic E-state index is 0.134. The summed E-state index contributed by atoms with van der Waals surface area (Å²) in [6.07, 6.45) is 1.92.